The second kappa shape index (κ2) is 7.85. The van der Waals surface area contributed by atoms with Crippen LogP contribution in [0.4, 0.5) is 0 Å². The van der Waals surface area contributed by atoms with Crippen molar-refractivity contribution in [3.8, 4) is 0 Å². The Labute approximate surface area is 104 Å². The Hall–Kier alpha value is -1.35. The lowest BCUT2D eigenvalue weighted by Gasteiger charge is -2.17. The van der Waals surface area contributed by atoms with Gasteiger partial charge in [-0.3, -0.25) is 4.79 Å². The maximum Gasteiger partial charge on any atom is 0.216 e. The molecule has 0 bridgehead atoms. The van der Waals surface area contributed by atoms with Crippen LogP contribution in [0.25, 0.3) is 0 Å². The molecule has 0 saturated heterocycles. The summed E-state index contributed by atoms with van der Waals surface area (Å²) in [5.74, 6) is 0.0305. The summed E-state index contributed by atoms with van der Waals surface area (Å²) in [5.41, 5.74) is 1.35. The molecule has 0 aliphatic heterocycles. The van der Waals surface area contributed by atoms with Gasteiger partial charge < -0.3 is 10.6 Å². The van der Waals surface area contributed by atoms with Gasteiger partial charge in [-0.25, -0.2) is 0 Å². The van der Waals surface area contributed by atoms with Gasteiger partial charge in [-0.15, -0.1) is 0 Å². The van der Waals surface area contributed by atoms with E-state index >= 15 is 0 Å². The molecule has 0 aromatic heterocycles. The largest absolute Gasteiger partial charge is 0.355 e. The molecule has 3 heteroatoms. The molecule has 0 aliphatic rings. The van der Waals surface area contributed by atoms with Crippen molar-refractivity contribution in [3.63, 3.8) is 0 Å². The van der Waals surface area contributed by atoms with Gasteiger partial charge in [0.25, 0.3) is 0 Å². The highest BCUT2D eigenvalue weighted by Crippen LogP contribution is 2.05. The maximum atomic E-state index is 10.7. The highest BCUT2D eigenvalue weighted by molar-refractivity contribution is 5.72. The van der Waals surface area contributed by atoms with E-state index in [-0.39, 0.29) is 5.91 Å². The van der Waals surface area contributed by atoms with E-state index in [0.717, 1.165) is 19.4 Å². The first kappa shape index (κ1) is 13.7. The first-order chi connectivity index (χ1) is 8.22. The fraction of sp³-hybridized carbons (Fsp3) is 0.500. The van der Waals surface area contributed by atoms with E-state index in [4.69, 9.17) is 0 Å². The van der Waals surface area contributed by atoms with Crippen molar-refractivity contribution < 1.29 is 4.79 Å². The highest BCUT2D eigenvalue weighted by Gasteiger charge is 2.05. The van der Waals surface area contributed by atoms with Gasteiger partial charge >= 0.3 is 0 Å². The molecule has 1 atom stereocenters. The van der Waals surface area contributed by atoms with E-state index in [1.807, 2.05) is 6.07 Å². The Bertz CT molecular complexity index is 324. The molecule has 0 radical (unpaired) electrons. The Balaban J connectivity index is 2.27. The van der Waals surface area contributed by atoms with Crippen LogP contribution in [0.5, 0.6) is 0 Å². The van der Waals surface area contributed by atoms with Crippen LogP contribution >= 0.6 is 0 Å². The SMILES string of the molecule is CCC(Cc1ccccc1)NCCNC(C)=O. The van der Waals surface area contributed by atoms with E-state index in [2.05, 4.69) is 41.8 Å². The van der Waals surface area contributed by atoms with Crippen molar-refractivity contribution in [3.05, 3.63) is 35.9 Å². The molecule has 1 unspecified atom stereocenters. The van der Waals surface area contributed by atoms with Gasteiger partial charge in [0.2, 0.25) is 5.91 Å². The first-order valence-corrected chi connectivity index (χ1v) is 6.24. The number of carbonyl (C=O) groups is 1. The topological polar surface area (TPSA) is 41.1 Å². The number of nitrogens with one attached hydrogen (secondary N) is 2. The van der Waals surface area contributed by atoms with Crippen LogP contribution in [0.15, 0.2) is 30.3 Å². The van der Waals surface area contributed by atoms with Gasteiger partial charge in [-0.2, -0.15) is 0 Å². The molecule has 1 amide bonds. The van der Waals surface area contributed by atoms with E-state index in [1.165, 1.54) is 5.56 Å². The molecule has 0 spiro atoms. The summed E-state index contributed by atoms with van der Waals surface area (Å²) in [6.07, 6.45) is 2.13. The Morgan fingerprint density at radius 2 is 1.94 bits per heavy atom. The molecule has 0 heterocycles. The smallest absolute Gasteiger partial charge is 0.216 e. The van der Waals surface area contributed by atoms with Crippen molar-refractivity contribution in [2.75, 3.05) is 13.1 Å². The number of hydrogen-bond donors (Lipinski definition) is 2. The molecule has 17 heavy (non-hydrogen) atoms. The molecule has 0 aliphatic carbocycles. The number of carbonyl (C=O) groups excluding carboxylic acids is 1. The Kier molecular flexibility index (Phi) is 6.33. The van der Waals surface area contributed by atoms with Gasteiger partial charge in [-0.1, -0.05) is 37.3 Å². The molecule has 1 aromatic carbocycles. The van der Waals surface area contributed by atoms with Crippen LogP contribution in [0.2, 0.25) is 0 Å². The Morgan fingerprint density at radius 1 is 1.24 bits per heavy atom. The summed E-state index contributed by atoms with van der Waals surface area (Å²) < 4.78 is 0. The van der Waals surface area contributed by atoms with Crippen LogP contribution in [0.3, 0.4) is 0 Å². The van der Waals surface area contributed by atoms with Gasteiger partial charge in [-0.05, 0) is 18.4 Å². The van der Waals surface area contributed by atoms with Crippen molar-refractivity contribution >= 4 is 5.91 Å². The number of rotatable bonds is 7. The summed E-state index contributed by atoms with van der Waals surface area (Å²) in [6, 6.07) is 11.0. The van der Waals surface area contributed by atoms with Gasteiger partial charge in [0, 0.05) is 26.1 Å². The number of amides is 1. The second-order valence-corrected chi connectivity index (χ2v) is 4.23. The van der Waals surface area contributed by atoms with Crippen LogP contribution < -0.4 is 10.6 Å². The molecule has 0 fully saturated rings. The van der Waals surface area contributed by atoms with E-state index in [0.29, 0.717) is 12.6 Å². The lowest BCUT2D eigenvalue weighted by Crippen LogP contribution is -2.37. The molecule has 0 saturated carbocycles. The summed E-state index contributed by atoms with van der Waals surface area (Å²) in [7, 11) is 0. The highest BCUT2D eigenvalue weighted by atomic mass is 16.1. The zero-order valence-corrected chi connectivity index (χ0v) is 10.7. The third-order valence-electron chi connectivity index (χ3n) is 2.75. The molecular weight excluding hydrogens is 212 g/mol. The minimum absolute atomic E-state index is 0.0305. The van der Waals surface area contributed by atoms with Gasteiger partial charge in [0.1, 0.15) is 0 Å². The minimum atomic E-state index is 0.0305. The molecule has 3 nitrogen and oxygen atoms in total. The minimum Gasteiger partial charge on any atom is -0.355 e. The van der Waals surface area contributed by atoms with Crippen LogP contribution in [-0.4, -0.2) is 25.0 Å². The van der Waals surface area contributed by atoms with E-state index in [9.17, 15) is 4.79 Å². The van der Waals surface area contributed by atoms with Crippen molar-refractivity contribution in [2.24, 2.45) is 0 Å². The first-order valence-electron chi connectivity index (χ1n) is 6.24. The zero-order chi connectivity index (χ0) is 12.5. The average molecular weight is 234 g/mol. The molecule has 1 aromatic rings. The van der Waals surface area contributed by atoms with Gasteiger partial charge in [0.15, 0.2) is 0 Å². The molecule has 1 rings (SSSR count). The quantitative estimate of drug-likeness (QED) is 0.706. The predicted octanol–water partition coefficient (Wildman–Crippen LogP) is 1.73. The fourth-order valence-electron chi connectivity index (χ4n) is 1.77. The number of hydrogen-bond acceptors (Lipinski definition) is 2. The van der Waals surface area contributed by atoms with E-state index < -0.39 is 0 Å². The van der Waals surface area contributed by atoms with Crippen LogP contribution in [0.1, 0.15) is 25.8 Å². The Morgan fingerprint density at radius 3 is 2.53 bits per heavy atom. The van der Waals surface area contributed by atoms with E-state index in [1.54, 1.807) is 6.92 Å². The molecule has 2 N–H and O–H groups in total. The standard InChI is InChI=1S/C14H22N2O/c1-3-14(16-10-9-15-12(2)17)11-13-7-5-4-6-8-13/h4-8,14,16H,3,9-11H2,1-2H3,(H,15,17). The fourth-order valence-corrected chi connectivity index (χ4v) is 1.77. The normalized spacial score (nSPS) is 12.1. The lowest BCUT2D eigenvalue weighted by atomic mass is 10.0. The van der Waals surface area contributed by atoms with Crippen LogP contribution in [-0.2, 0) is 11.2 Å². The van der Waals surface area contributed by atoms with Crippen molar-refractivity contribution in [2.45, 2.75) is 32.7 Å². The van der Waals surface area contributed by atoms with Gasteiger partial charge in [0.05, 0.1) is 0 Å². The van der Waals surface area contributed by atoms with Crippen molar-refractivity contribution in [1.82, 2.24) is 10.6 Å². The third-order valence-corrected chi connectivity index (χ3v) is 2.75. The molecule has 94 valence electrons. The summed E-state index contributed by atoms with van der Waals surface area (Å²) in [6.45, 7) is 5.24. The second-order valence-electron chi connectivity index (χ2n) is 4.23. The average Bonchev–Trinajstić information content (AvgIpc) is 2.34. The molecular formula is C14H22N2O. The summed E-state index contributed by atoms with van der Waals surface area (Å²) >= 11 is 0. The van der Waals surface area contributed by atoms with Crippen LogP contribution in [0, 0.1) is 0 Å². The lowest BCUT2D eigenvalue weighted by molar-refractivity contribution is -0.118. The summed E-state index contributed by atoms with van der Waals surface area (Å²) in [5, 5.41) is 6.25. The predicted molar refractivity (Wildman–Crippen MR) is 70.9 cm³/mol. The maximum absolute atomic E-state index is 10.7. The zero-order valence-electron chi connectivity index (χ0n) is 10.7. The monoisotopic (exact) mass is 234 g/mol. The third kappa shape index (κ3) is 6.07. The van der Waals surface area contributed by atoms with Crippen molar-refractivity contribution in [1.29, 1.82) is 0 Å². The summed E-state index contributed by atoms with van der Waals surface area (Å²) in [4.78, 5) is 10.7. The number of benzene rings is 1.